The highest BCUT2D eigenvalue weighted by Crippen LogP contribution is 2.37. The molecule has 1 N–H and O–H groups in total. The van der Waals surface area contributed by atoms with Gasteiger partial charge in [-0.25, -0.2) is 0 Å². The zero-order chi connectivity index (χ0) is 14.0. The van der Waals surface area contributed by atoms with Gasteiger partial charge in [0.05, 0.1) is 19.6 Å². The Balaban J connectivity index is 2.24. The van der Waals surface area contributed by atoms with E-state index in [2.05, 4.69) is 0 Å². The van der Waals surface area contributed by atoms with Gasteiger partial charge in [0.1, 0.15) is 0 Å². The fourth-order valence-corrected chi connectivity index (χ4v) is 2.03. The molecule has 1 saturated carbocycles. The van der Waals surface area contributed by atoms with Crippen LogP contribution in [0.2, 0.25) is 0 Å². The van der Waals surface area contributed by atoms with E-state index in [0.717, 1.165) is 24.2 Å². The van der Waals surface area contributed by atoms with Crippen LogP contribution in [0.25, 0.3) is 0 Å². The molecule has 4 heteroatoms. The summed E-state index contributed by atoms with van der Waals surface area (Å²) in [7, 11) is 1.60. The molecule has 0 bridgehead atoms. The summed E-state index contributed by atoms with van der Waals surface area (Å²) in [5, 5.41) is 8.96. The van der Waals surface area contributed by atoms with Gasteiger partial charge in [0, 0.05) is 5.41 Å². The highest BCUT2D eigenvalue weighted by molar-refractivity contribution is 5.69. The predicted molar refractivity (Wildman–Crippen MR) is 71.9 cm³/mol. The summed E-state index contributed by atoms with van der Waals surface area (Å²) >= 11 is 0. The van der Waals surface area contributed by atoms with Crippen molar-refractivity contribution in [1.82, 2.24) is 0 Å². The Labute approximate surface area is 113 Å². The smallest absolute Gasteiger partial charge is 0.304 e. The van der Waals surface area contributed by atoms with Crippen molar-refractivity contribution in [1.29, 1.82) is 0 Å². The van der Waals surface area contributed by atoms with Crippen LogP contribution in [0.3, 0.4) is 0 Å². The maximum Gasteiger partial charge on any atom is 0.304 e. The number of hydrogen-bond acceptors (Lipinski definition) is 3. The number of benzene rings is 1. The minimum Gasteiger partial charge on any atom is -0.493 e. The average Bonchev–Trinajstić information content (AvgIpc) is 3.11. The van der Waals surface area contributed by atoms with E-state index >= 15 is 0 Å². The fourth-order valence-electron chi connectivity index (χ4n) is 2.03. The molecule has 1 aliphatic rings. The third-order valence-corrected chi connectivity index (χ3v) is 3.36. The molecule has 0 saturated heterocycles. The van der Waals surface area contributed by atoms with Gasteiger partial charge < -0.3 is 14.6 Å². The van der Waals surface area contributed by atoms with Crippen molar-refractivity contribution in [2.24, 2.45) is 0 Å². The number of aliphatic carboxylic acids is 1. The van der Waals surface area contributed by atoms with E-state index in [1.165, 1.54) is 0 Å². The van der Waals surface area contributed by atoms with Gasteiger partial charge in [-0.2, -0.15) is 0 Å². The first-order chi connectivity index (χ1) is 8.92. The predicted octanol–water partition coefficient (Wildman–Crippen LogP) is 2.99. The molecule has 0 unspecified atom stereocenters. The van der Waals surface area contributed by atoms with Gasteiger partial charge in [0.2, 0.25) is 0 Å². The summed E-state index contributed by atoms with van der Waals surface area (Å²) in [6.07, 6.45) is 2.58. The van der Waals surface area contributed by atoms with Crippen LogP contribution in [0.5, 0.6) is 11.5 Å². The Morgan fingerprint density at radius 1 is 1.37 bits per heavy atom. The zero-order valence-corrected chi connectivity index (χ0v) is 11.6. The normalized spacial score (nSPS) is 15.1. The first-order valence-electron chi connectivity index (χ1n) is 6.49. The summed E-state index contributed by atoms with van der Waals surface area (Å²) in [5.41, 5.74) is 0.506. The van der Waals surface area contributed by atoms with Crippen molar-refractivity contribution in [3.63, 3.8) is 0 Å². The molecule has 0 radical (unpaired) electrons. The quantitative estimate of drug-likeness (QED) is 0.858. The highest BCUT2D eigenvalue weighted by atomic mass is 16.5. The Hall–Kier alpha value is -1.71. The van der Waals surface area contributed by atoms with Crippen LogP contribution in [0, 0.1) is 0 Å². The first kappa shape index (κ1) is 13.7. The molecular weight excluding hydrogens is 244 g/mol. The lowest BCUT2D eigenvalue weighted by atomic mass is 9.81. The molecular formula is C15H20O4. The lowest BCUT2D eigenvalue weighted by Gasteiger charge is -2.24. The molecule has 0 spiro atoms. The van der Waals surface area contributed by atoms with Crippen LogP contribution in [0.4, 0.5) is 0 Å². The van der Waals surface area contributed by atoms with Crippen LogP contribution >= 0.6 is 0 Å². The first-order valence-corrected chi connectivity index (χ1v) is 6.49. The number of ether oxygens (including phenoxy) is 2. The van der Waals surface area contributed by atoms with Gasteiger partial charge in [0.25, 0.3) is 0 Å². The second kappa shape index (κ2) is 5.11. The lowest BCUT2D eigenvalue weighted by molar-refractivity contribution is -0.138. The summed E-state index contributed by atoms with van der Waals surface area (Å²) in [6.45, 7) is 3.83. The maximum atomic E-state index is 10.9. The number of methoxy groups -OCH3 is 1. The van der Waals surface area contributed by atoms with E-state index in [-0.39, 0.29) is 6.42 Å². The number of rotatable bonds is 6. The van der Waals surface area contributed by atoms with E-state index in [1.54, 1.807) is 7.11 Å². The summed E-state index contributed by atoms with van der Waals surface area (Å²) in [4.78, 5) is 10.9. The number of carbonyl (C=O) groups is 1. The molecule has 1 fully saturated rings. The van der Waals surface area contributed by atoms with Gasteiger partial charge >= 0.3 is 5.97 Å². The van der Waals surface area contributed by atoms with E-state index in [9.17, 15) is 4.79 Å². The molecule has 4 nitrogen and oxygen atoms in total. The Morgan fingerprint density at radius 3 is 2.58 bits per heavy atom. The average molecular weight is 264 g/mol. The van der Waals surface area contributed by atoms with Gasteiger partial charge in [-0.15, -0.1) is 0 Å². The minimum absolute atomic E-state index is 0.0823. The number of carboxylic acids is 1. The molecule has 0 amide bonds. The fraction of sp³-hybridized carbons (Fsp3) is 0.533. The third-order valence-electron chi connectivity index (χ3n) is 3.36. The summed E-state index contributed by atoms with van der Waals surface area (Å²) in [5.74, 6) is 0.602. The van der Waals surface area contributed by atoms with Crippen LogP contribution < -0.4 is 9.47 Å². The topological polar surface area (TPSA) is 55.8 Å². The molecule has 0 atom stereocenters. The Morgan fingerprint density at radius 2 is 2.05 bits per heavy atom. The molecule has 0 aliphatic heterocycles. The molecule has 104 valence electrons. The molecule has 1 aromatic rings. The largest absolute Gasteiger partial charge is 0.493 e. The van der Waals surface area contributed by atoms with Crippen molar-refractivity contribution in [2.75, 3.05) is 7.11 Å². The van der Waals surface area contributed by atoms with Crippen LogP contribution in [-0.2, 0) is 10.2 Å². The van der Waals surface area contributed by atoms with Gasteiger partial charge in [-0.1, -0.05) is 19.9 Å². The van der Waals surface area contributed by atoms with Crippen LogP contribution in [-0.4, -0.2) is 24.3 Å². The van der Waals surface area contributed by atoms with E-state index < -0.39 is 11.4 Å². The third kappa shape index (κ3) is 3.40. The van der Waals surface area contributed by atoms with Crippen molar-refractivity contribution in [2.45, 2.75) is 44.6 Å². The van der Waals surface area contributed by atoms with Gasteiger partial charge in [-0.05, 0) is 30.5 Å². The lowest BCUT2D eigenvalue weighted by Crippen LogP contribution is -2.21. The van der Waals surface area contributed by atoms with Gasteiger partial charge in [-0.3, -0.25) is 4.79 Å². The number of hydrogen-bond donors (Lipinski definition) is 1. The zero-order valence-electron chi connectivity index (χ0n) is 11.6. The SMILES string of the molecule is COc1cc(C(C)(C)CC(=O)O)ccc1OC1CC1. The molecule has 0 heterocycles. The van der Waals surface area contributed by atoms with Gasteiger partial charge in [0.15, 0.2) is 11.5 Å². The van der Waals surface area contributed by atoms with Crippen molar-refractivity contribution in [3.05, 3.63) is 23.8 Å². The summed E-state index contributed by atoms with van der Waals surface area (Å²) < 4.78 is 11.1. The minimum atomic E-state index is -0.803. The Kier molecular flexibility index (Phi) is 3.69. The molecule has 0 aromatic heterocycles. The van der Waals surface area contributed by atoms with Crippen molar-refractivity contribution >= 4 is 5.97 Å². The molecule has 19 heavy (non-hydrogen) atoms. The van der Waals surface area contributed by atoms with Crippen molar-refractivity contribution in [3.8, 4) is 11.5 Å². The second-order valence-electron chi connectivity index (χ2n) is 5.64. The van der Waals surface area contributed by atoms with E-state index in [0.29, 0.717) is 11.9 Å². The number of carboxylic acid groups (broad SMARTS) is 1. The second-order valence-corrected chi connectivity index (χ2v) is 5.64. The molecule has 1 aliphatic carbocycles. The van der Waals surface area contributed by atoms with E-state index in [1.807, 2.05) is 32.0 Å². The molecule has 1 aromatic carbocycles. The Bertz CT molecular complexity index is 475. The van der Waals surface area contributed by atoms with Crippen LogP contribution in [0.15, 0.2) is 18.2 Å². The standard InChI is InChI=1S/C15H20O4/c1-15(2,9-14(16)17)10-4-7-12(13(8-10)18-3)19-11-5-6-11/h4,7-8,11H,5-6,9H2,1-3H3,(H,16,17). The van der Waals surface area contributed by atoms with E-state index in [4.69, 9.17) is 14.6 Å². The van der Waals surface area contributed by atoms with Crippen LogP contribution in [0.1, 0.15) is 38.7 Å². The van der Waals surface area contributed by atoms with Crippen molar-refractivity contribution < 1.29 is 19.4 Å². The monoisotopic (exact) mass is 264 g/mol. The maximum absolute atomic E-state index is 10.9. The summed E-state index contributed by atoms with van der Waals surface area (Å²) in [6, 6.07) is 5.67. The highest BCUT2D eigenvalue weighted by Gasteiger charge is 2.27. The molecule has 2 rings (SSSR count).